The van der Waals surface area contributed by atoms with Crippen molar-refractivity contribution in [2.45, 2.75) is 110 Å². The molecule has 1 fully saturated rings. The van der Waals surface area contributed by atoms with E-state index in [4.69, 9.17) is 0 Å². The van der Waals surface area contributed by atoms with Gasteiger partial charge in [0, 0.05) is 23.7 Å². The smallest absolute Gasteiger partial charge is 0.164 e. The van der Waals surface area contributed by atoms with Crippen molar-refractivity contribution in [1.82, 2.24) is 4.98 Å². The van der Waals surface area contributed by atoms with Gasteiger partial charge in [-0.2, -0.15) is 0 Å². The standard InChI is InChI=1S/C31H45NO/c1-4-6-7-8-9-10-11-25-12-14-26(15-13-25)27-16-18-28(19-17-27)30-21-20-29(23-32-30)31(33)22-24(3)5-2/h16-21,23-26H,4-15,22H2,1-3H3/t24-,25?,26?/m0/s1. The molecule has 1 atom stereocenters. The van der Waals surface area contributed by atoms with E-state index in [0.29, 0.717) is 18.3 Å². The maximum Gasteiger partial charge on any atom is 0.164 e. The van der Waals surface area contributed by atoms with Crippen molar-refractivity contribution in [3.8, 4) is 11.3 Å². The number of Topliss-reactive ketones (excluding diaryl/α,β-unsaturated/α-hetero) is 1. The van der Waals surface area contributed by atoms with Crippen molar-refractivity contribution < 1.29 is 4.79 Å². The van der Waals surface area contributed by atoms with Gasteiger partial charge in [-0.25, -0.2) is 0 Å². The number of pyridine rings is 1. The average Bonchev–Trinajstić information content (AvgIpc) is 2.86. The number of hydrogen-bond acceptors (Lipinski definition) is 2. The van der Waals surface area contributed by atoms with Crippen LogP contribution >= 0.6 is 0 Å². The summed E-state index contributed by atoms with van der Waals surface area (Å²) in [6.07, 6.45) is 18.8. The minimum atomic E-state index is 0.200. The zero-order valence-electron chi connectivity index (χ0n) is 21.3. The van der Waals surface area contributed by atoms with Crippen LogP contribution in [-0.4, -0.2) is 10.8 Å². The average molecular weight is 448 g/mol. The Morgan fingerprint density at radius 1 is 0.909 bits per heavy atom. The molecule has 3 rings (SSSR count). The summed E-state index contributed by atoms with van der Waals surface area (Å²) in [7, 11) is 0. The molecule has 1 aromatic heterocycles. The fraction of sp³-hybridized carbons (Fsp3) is 0.613. The fourth-order valence-electron chi connectivity index (χ4n) is 5.23. The monoisotopic (exact) mass is 447 g/mol. The van der Waals surface area contributed by atoms with E-state index in [9.17, 15) is 4.79 Å². The molecule has 2 aromatic rings. The van der Waals surface area contributed by atoms with E-state index in [-0.39, 0.29) is 5.78 Å². The number of ketones is 1. The molecule has 33 heavy (non-hydrogen) atoms. The lowest BCUT2D eigenvalue weighted by molar-refractivity contribution is 0.0963. The first kappa shape index (κ1) is 25.7. The van der Waals surface area contributed by atoms with E-state index >= 15 is 0 Å². The number of unbranched alkanes of at least 4 members (excludes halogenated alkanes) is 5. The third kappa shape index (κ3) is 8.09. The third-order valence-corrected chi connectivity index (χ3v) is 7.81. The summed E-state index contributed by atoms with van der Waals surface area (Å²) in [6, 6.07) is 13.0. The van der Waals surface area contributed by atoms with Gasteiger partial charge in [-0.1, -0.05) is 96.4 Å². The number of hydrogen-bond donors (Lipinski definition) is 0. The highest BCUT2D eigenvalue weighted by atomic mass is 16.1. The van der Waals surface area contributed by atoms with E-state index in [1.807, 2.05) is 12.1 Å². The summed E-state index contributed by atoms with van der Waals surface area (Å²) in [6.45, 7) is 6.55. The summed E-state index contributed by atoms with van der Waals surface area (Å²) in [5.41, 5.74) is 4.30. The van der Waals surface area contributed by atoms with Crippen molar-refractivity contribution >= 4 is 5.78 Å². The quantitative estimate of drug-likeness (QED) is 0.226. The maximum atomic E-state index is 12.4. The first-order chi connectivity index (χ1) is 16.1. The summed E-state index contributed by atoms with van der Waals surface area (Å²) >= 11 is 0. The van der Waals surface area contributed by atoms with Crippen LogP contribution in [0.4, 0.5) is 0 Å². The van der Waals surface area contributed by atoms with Crippen LogP contribution in [0.15, 0.2) is 42.6 Å². The Kier molecular flexibility index (Phi) is 10.6. The number of carbonyl (C=O) groups is 1. The molecule has 180 valence electrons. The van der Waals surface area contributed by atoms with Crippen molar-refractivity contribution in [2.75, 3.05) is 0 Å². The van der Waals surface area contributed by atoms with Crippen LogP contribution in [0, 0.1) is 11.8 Å². The summed E-state index contributed by atoms with van der Waals surface area (Å²) < 4.78 is 0. The molecule has 1 aromatic carbocycles. The Morgan fingerprint density at radius 3 is 2.24 bits per heavy atom. The number of aromatic nitrogens is 1. The topological polar surface area (TPSA) is 30.0 Å². The number of nitrogens with zero attached hydrogens (tertiary/aromatic N) is 1. The number of carbonyl (C=O) groups excluding carboxylic acids is 1. The van der Waals surface area contributed by atoms with E-state index in [2.05, 4.69) is 50.0 Å². The number of benzene rings is 1. The molecule has 0 aliphatic heterocycles. The molecular formula is C31H45NO. The molecule has 0 unspecified atom stereocenters. The molecule has 1 saturated carbocycles. The number of rotatable bonds is 13. The van der Waals surface area contributed by atoms with Crippen LogP contribution in [0.25, 0.3) is 11.3 Å². The van der Waals surface area contributed by atoms with E-state index in [1.54, 1.807) is 6.20 Å². The van der Waals surface area contributed by atoms with Gasteiger partial charge in [0.1, 0.15) is 0 Å². The van der Waals surface area contributed by atoms with Crippen LogP contribution < -0.4 is 0 Å². The van der Waals surface area contributed by atoms with Gasteiger partial charge in [-0.3, -0.25) is 9.78 Å². The van der Waals surface area contributed by atoms with Crippen LogP contribution in [0.3, 0.4) is 0 Å². The van der Waals surface area contributed by atoms with Gasteiger partial charge < -0.3 is 0 Å². The second-order valence-corrected chi connectivity index (χ2v) is 10.5. The first-order valence-electron chi connectivity index (χ1n) is 13.7. The molecule has 1 aliphatic rings. The van der Waals surface area contributed by atoms with Crippen molar-refractivity contribution in [1.29, 1.82) is 0 Å². The maximum absolute atomic E-state index is 12.4. The minimum Gasteiger partial charge on any atom is -0.294 e. The van der Waals surface area contributed by atoms with E-state index < -0.39 is 0 Å². The van der Waals surface area contributed by atoms with Gasteiger partial charge in [-0.15, -0.1) is 0 Å². The predicted molar refractivity (Wildman–Crippen MR) is 141 cm³/mol. The van der Waals surface area contributed by atoms with Gasteiger partial charge in [0.2, 0.25) is 0 Å². The van der Waals surface area contributed by atoms with Gasteiger partial charge in [0.15, 0.2) is 5.78 Å². The van der Waals surface area contributed by atoms with Gasteiger partial charge in [0.05, 0.1) is 5.69 Å². The summed E-state index contributed by atoms with van der Waals surface area (Å²) in [5.74, 6) is 2.30. The first-order valence-corrected chi connectivity index (χ1v) is 13.7. The molecule has 1 heterocycles. The molecule has 1 aliphatic carbocycles. The van der Waals surface area contributed by atoms with Crippen molar-refractivity contribution in [3.05, 3.63) is 53.7 Å². The largest absolute Gasteiger partial charge is 0.294 e. The van der Waals surface area contributed by atoms with Crippen molar-refractivity contribution in [2.24, 2.45) is 11.8 Å². The summed E-state index contributed by atoms with van der Waals surface area (Å²) in [4.78, 5) is 17.0. The lowest BCUT2D eigenvalue weighted by Gasteiger charge is -2.29. The van der Waals surface area contributed by atoms with Crippen LogP contribution in [0.5, 0.6) is 0 Å². The van der Waals surface area contributed by atoms with E-state index in [1.165, 1.54) is 76.2 Å². The highest BCUT2D eigenvalue weighted by molar-refractivity contribution is 5.96. The zero-order chi connectivity index (χ0) is 23.5. The van der Waals surface area contributed by atoms with Gasteiger partial charge >= 0.3 is 0 Å². The SMILES string of the molecule is CCCCCCCCC1CCC(c2ccc(-c3ccc(C(=O)C[C@@H](C)CC)cn3)cc2)CC1. The third-order valence-electron chi connectivity index (χ3n) is 7.81. The minimum absolute atomic E-state index is 0.200. The molecule has 0 radical (unpaired) electrons. The second kappa shape index (κ2) is 13.7. The molecule has 0 amide bonds. The fourth-order valence-corrected chi connectivity index (χ4v) is 5.23. The molecule has 0 bridgehead atoms. The Hall–Kier alpha value is -1.96. The Labute approximate surface area is 202 Å². The molecular weight excluding hydrogens is 402 g/mol. The highest BCUT2D eigenvalue weighted by Crippen LogP contribution is 2.38. The highest BCUT2D eigenvalue weighted by Gasteiger charge is 2.22. The Morgan fingerprint density at radius 2 is 1.61 bits per heavy atom. The van der Waals surface area contributed by atoms with Crippen LogP contribution in [-0.2, 0) is 0 Å². The lowest BCUT2D eigenvalue weighted by Crippen LogP contribution is -2.13. The molecule has 2 heteroatoms. The molecule has 0 spiro atoms. The Bertz CT molecular complexity index is 815. The lowest BCUT2D eigenvalue weighted by atomic mass is 9.77. The molecule has 0 N–H and O–H groups in total. The predicted octanol–water partition coefficient (Wildman–Crippen LogP) is 9.39. The van der Waals surface area contributed by atoms with E-state index in [0.717, 1.165) is 29.2 Å². The van der Waals surface area contributed by atoms with Crippen LogP contribution in [0.1, 0.15) is 126 Å². The molecule has 0 saturated heterocycles. The Balaban J connectivity index is 1.45. The normalized spacial score (nSPS) is 19.4. The van der Waals surface area contributed by atoms with Gasteiger partial charge in [-0.05, 0) is 61.1 Å². The second-order valence-electron chi connectivity index (χ2n) is 10.5. The van der Waals surface area contributed by atoms with Crippen LogP contribution in [0.2, 0.25) is 0 Å². The van der Waals surface area contributed by atoms with Gasteiger partial charge in [0.25, 0.3) is 0 Å². The molecule has 2 nitrogen and oxygen atoms in total. The summed E-state index contributed by atoms with van der Waals surface area (Å²) in [5, 5.41) is 0. The van der Waals surface area contributed by atoms with Crippen molar-refractivity contribution in [3.63, 3.8) is 0 Å². The zero-order valence-corrected chi connectivity index (χ0v) is 21.3.